The molecule has 1 N–H and O–H groups in total. The lowest BCUT2D eigenvalue weighted by Crippen LogP contribution is -2.44. The fourth-order valence-corrected chi connectivity index (χ4v) is 4.69. The predicted octanol–water partition coefficient (Wildman–Crippen LogP) is 3.46. The quantitative estimate of drug-likeness (QED) is 0.624. The van der Waals surface area contributed by atoms with Gasteiger partial charge in [0.25, 0.3) is 0 Å². The number of hydrogen-bond donors (Lipinski definition) is 1. The minimum Gasteiger partial charge on any atom is -0.359 e. The van der Waals surface area contributed by atoms with Crippen molar-refractivity contribution in [1.29, 1.82) is 0 Å². The fourth-order valence-electron chi connectivity index (χ4n) is 4.69. The van der Waals surface area contributed by atoms with Crippen LogP contribution < -0.4 is 5.32 Å². The minimum absolute atomic E-state index is 0.00131. The van der Waals surface area contributed by atoms with E-state index in [1.807, 2.05) is 52.9 Å². The number of hydrogen-bond acceptors (Lipinski definition) is 3. The number of carbonyl (C=O) groups excluding carboxylic acids is 2. The molecule has 0 spiro atoms. The van der Waals surface area contributed by atoms with E-state index >= 15 is 0 Å². The van der Waals surface area contributed by atoms with Crippen LogP contribution in [0.3, 0.4) is 0 Å². The van der Waals surface area contributed by atoms with Crippen LogP contribution in [0.2, 0.25) is 0 Å². The Bertz CT molecular complexity index is 1090. The predicted molar refractivity (Wildman–Crippen MR) is 125 cm³/mol. The normalized spacial score (nSPS) is 18.0. The van der Waals surface area contributed by atoms with Crippen LogP contribution in [0.4, 0.5) is 0 Å². The molecule has 2 heterocycles. The van der Waals surface area contributed by atoms with Crippen LogP contribution in [0.5, 0.6) is 0 Å². The van der Waals surface area contributed by atoms with Crippen LogP contribution in [0.1, 0.15) is 24.1 Å². The molecule has 4 rings (SSSR count). The van der Waals surface area contributed by atoms with Crippen LogP contribution >= 0.6 is 0 Å². The van der Waals surface area contributed by atoms with Gasteiger partial charge >= 0.3 is 0 Å². The van der Waals surface area contributed by atoms with E-state index in [1.54, 1.807) is 13.2 Å². The van der Waals surface area contributed by atoms with Crippen molar-refractivity contribution in [2.45, 2.75) is 32.7 Å². The van der Waals surface area contributed by atoms with Crippen molar-refractivity contribution in [3.8, 4) is 11.1 Å². The van der Waals surface area contributed by atoms with Crippen molar-refractivity contribution in [2.75, 3.05) is 20.1 Å². The van der Waals surface area contributed by atoms with E-state index in [-0.39, 0.29) is 11.8 Å². The van der Waals surface area contributed by atoms with Crippen LogP contribution in [0, 0.1) is 12.3 Å². The number of benzene rings is 2. The molecular formula is C26H30N4O2. The first-order chi connectivity index (χ1) is 15.5. The summed E-state index contributed by atoms with van der Waals surface area (Å²) in [6, 6.07) is 20.4. The Morgan fingerprint density at radius 1 is 1.06 bits per heavy atom. The highest BCUT2D eigenvalue weighted by Gasteiger charge is 2.45. The molecule has 2 aromatic carbocycles. The molecule has 1 aliphatic rings. The van der Waals surface area contributed by atoms with Crippen molar-refractivity contribution in [3.63, 3.8) is 0 Å². The summed E-state index contributed by atoms with van der Waals surface area (Å²) < 4.78 is 1.84. The van der Waals surface area contributed by atoms with Gasteiger partial charge in [-0.3, -0.25) is 14.3 Å². The Hall–Kier alpha value is -3.41. The molecule has 1 aromatic heterocycles. The van der Waals surface area contributed by atoms with Crippen LogP contribution in [0.25, 0.3) is 11.1 Å². The standard InChI is InChI=1S/C26H30N4O2/c1-20-12-15-28-30(20)16-13-24(31)29-17-14-26(19-29,25(32)27-2)18-22-10-6-7-11-23(22)21-8-4-3-5-9-21/h3-12,15H,13-14,16-19H2,1-2H3,(H,27,32). The highest BCUT2D eigenvalue weighted by molar-refractivity contribution is 5.86. The smallest absolute Gasteiger partial charge is 0.228 e. The zero-order valence-electron chi connectivity index (χ0n) is 18.8. The highest BCUT2D eigenvalue weighted by Crippen LogP contribution is 2.37. The summed E-state index contributed by atoms with van der Waals surface area (Å²) in [5.74, 6) is 0.0700. The number of aryl methyl sites for hydroxylation is 2. The summed E-state index contributed by atoms with van der Waals surface area (Å²) in [5, 5.41) is 7.12. The number of amides is 2. The average Bonchev–Trinajstić information content (AvgIpc) is 3.45. The molecule has 0 bridgehead atoms. The third kappa shape index (κ3) is 4.44. The maximum Gasteiger partial charge on any atom is 0.228 e. The SMILES string of the molecule is CNC(=O)C1(Cc2ccccc2-c2ccccc2)CCN(C(=O)CCn2nccc2C)C1. The molecule has 0 radical (unpaired) electrons. The number of nitrogens with one attached hydrogen (secondary N) is 1. The Labute approximate surface area is 189 Å². The van der Waals surface area contributed by atoms with E-state index in [4.69, 9.17) is 0 Å². The Balaban J connectivity index is 1.53. The summed E-state index contributed by atoms with van der Waals surface area (Å²) in [4.78, 5) is 27.9. The summed E-state index contributed by atoms with van der Waals surface area (Å²) in [7, 11) is 1.68. The number of carbonyl (C=O) groups is 2. The van der Waals surface area contributed by atoms with Gasteiger partial charge in [-0.05, 0) is 42.5 Å². The van der Waals surface area contributed by atoms with E-state index in [0.29, 0.717) is 38.9 Å². The lowest BCUT2D eigenvalue weighted by molar-refractivity contribution is -0.133. The van der Waals surface area contributed by atoms with Crippen molar-refractivity contribution >= 4 is 11.8 Å². The Morgan fingerprint density at radius 3 is 2.53 bits per heavy atom. The molecule has 6 nitrogen and oxygen atoms in total. The van der Waals surface area contributed by atoms with Crippen LogP contribution in [0.15, 0.2) is 66.9 Å². The van der Waals surface area contributed by atoms with Gasteiger partial charge in [0.05, 0.1) is 5.41 Å². The number of aromatic nitrogens is 2. The average molecular weight is 431 g/mol. The van der Waals surface area contributed by atoms with E-state index in [9.17, 15) is 9.59 Å². The molecule has 1 atom stereocenters. The molecule has 0 saturated carbocycles. The van der Waals surface area contributed by atoms with Crippen LogP contribution in [-0.4, -0.2) is 46.6 Å². The van der Waals surface area contributed by atoms with E-state index in [1.165, 1.54) is 0 Å². The zero-order chi connectivity index (χ0) is 22.6. The second-order valence-electron chi connectivity index (χ2n) is 8.57. The maximum absolute atomic E-state index is 13.1. The second-order valence-corrected chi connectivity index (χ2v) is 8.57. The minimum atomic E-state index is -0.628. The highest BCUT2D eigenvalue weighted by atomic mass is 16.2. The van der Waals surface area contributed by atoms with Gasteiger partial charge in [-0.1, -0.05) is 54.6 Å². The van der Waals surface area contributed by atoms with E-state index < -0.39 is 5.41 Å². The maximum atomic E-state index is 13.1. The molecule has 166 valence electrons. The molecule has 3 aromatic rings. The molecule has 1 aliphatic heterocycles. The van der Waals surface area contributed by atoms with Crippen LogP contribution in [-0.2, 0) is 22.6 Å². The lowest BCUT2D eigenvalue weighted by atomic mass is 9.78. The van der Waals surface area contributed by atoms with Gasteiger partial charge in [-0.2, -0.15) is 5.10 Å². The fraction of sp³-hybridized carbons (Fsp3) is 0.346. The van der Waals surface area contributed by atoms with Crippen molar-refractivity contribution in [2.24, 2.45) is 5.41 Å². The summed E-state index contributed by atoms with van der Waals surface area (Å²) in [5.41, 5.74) is 3.81. The second kappa shape index (κ2) is 9.39. The van der Waals surface area contributed by atoms with Gasteiger partial charge in [0, 0.05) is 45.0 Å². The zero-order valence-corrected chi connectivity index (χ0v) is 18.8. The third-order valence-corrected chi connectivity index (χ3v) is 6.51. The lowest BCUT2D eigenvalue weighted by Gasteiger charge is -2.28. The first-order valence-electron chi connectivity index (χ1n) is 11.1. The molecule has 2 amide bonds. The van der Waals surface area contributed by atoms with E-state index in [2.05, 4.69) is 34.7 Å². The van der Waals surface area contributed by atoms with Gasteiger partial charge in [-0.15, -0.1) is 0 Å². The Kier molecular flexibility index (Phi) is 6.40. The van der Waals surface area contributed by atoms with E-state index in [0.717, 1.165) is 22.4 Å². The van der Waals surface area contributed by atoms with Gasteiger partial charge in [0.1, 0.15) is 0 Å². The van der Waals surface area contributed by atoms with Crippen molar-refractivity contribution in [1.82, 2.24) is 20.0 Å². The molecule has 1 unspecified atom stereocenters. The van der Waals surface area contributed by atoms with Gasteiger partial charge in [0.15, 0.2) is 0 Å². The largest absolute Gasteiger partial charge is 0.359 e. The van der Waals surface area contributed by atoms with Gasteiger partial charge < -0.3 is 10.2 Å². The van der Waals surface area contributed by atoms with Crippen molar-refractivity contribution < 1.29 is 9.59 Å². The molecule has 1 saturated heterocycles. The summed E-state index contributed by atoms with van der Waals surface area (Å²) in [6.07, 6.45) is 3.38. The third-order valence-electron chi connectivity index (χ3n) is 6.51. The molecule has 6 heteroatoms. The Morgan fingerprint density at radius 2 is 1.81 bits per heavy atom. The number of likely N-dealkylation sites (tertiary alicyclic amines) is 1. The summed E-state index contributed by atoms with van der Waals surface area (Å²) >= 11 is 0. The first-order valence-corrected chi connectivity index (χ1v) is 11.1. The number of rotatable bonds is 7. The number of nitrogens with zero attached hydrogens (tertiary/aromatic N) is 3. The summed E-state index contributed by atoms with van der Waals surface area (Å²) in [6.45, 7) is 3.57. The van der Waals surface area contributed by atoms with Gasteiger partial charge in [0.2, 0.25) is 11.8 Å². The molecule has 0 aliphatic carbocycles. The van der Waals surface area contributed by atoms with Crippen molar-refractivity contribution in [3.05, 3.63) is 78.1 Å². The molecule has 1 fully saturated rings. The molecular weight excluding hydrogens is 400 g/mol. The monoisotopic (exact) mass is 430 g/mol. The van der Waals surface area contributed by atoms with Gasteiger partial charge in [-0.25, -0.2) is 0 Å². The topological polar surface area (TPSA) is 67.2 Å². The first kappa shape index (κ1) is 21.8. The molecule has 32 heavy (non-hydrogen) atoms.